The zero-order chi connectivity index (χ0) is 15.9. The van der Waals surface area contributed by atoms with Gasteiger partial charge in [-0.15, -0.1) is 0 Å². The minimum atomic E-state index is -0.0801. The van der Waals surface area contributed by atoms with Crippen molar-refractivity contribution in [2.45, 2.75) is 32.7 Å². The van der Waals surface area contributed by atoms with E-state index in [0.29, 0.717) is 13.1 Å². The monoisotopic (exact) mass is 306 g/mol. The van der Waals surface area contributed by atoms with Crippen LogP contribution in [-0.4, -0.2) is 59.8 Å². The van der Waals surface area contributed by atoms with Crippen LogP contribution in [0.25, 0.3) is 0 Å². The number of rotatable bonds is 5. The first-order chi connectivity index (χ1) is 10.6. The maximum absolute atomic E-state index is 12.1. The Bertz CT molecular complexity index is 470. The molecule has 0 unspecified atom stereocenters. The summed E-state index contributed by atoms with van der Waals surface area (Å²) in [6.07, 6.45) is 3.72. The van der Waals surface area contributed by atoms with E-state index in [0.717, 1.165) is 37.3 Å². The van der Waals surface area contributed by atoms with E-state index in [4.69, 9.17) is 5.11 Å². The highest BCUT2D eigenvalue weighted by molar-refractivity contribution is 5.74. The molecule has 0 bridgehead atoms. The molecule has 1 saturated heterocycles. The molecule has 122 valence electrons. The largest absolute Gasteiger partial charge is 0.395 e. The van der Waals surface area contributed by atoms with Crippen LogP contribution in [0.15, 0.2) is 18.3 Å². The van der Waals surface area contributed by atoms with E-state index in [-0.39, 0.29) is 18.7 Å². The van der Waals surface area contributed by atoms with Gasteiger partial charge in [0.05, 0.1) is 6.61 Å². The zero-order valence-electron chi connectivity index (χ0n) is 13.5. The Hall–Kier alpha value is -1.82. The second-order valence-corrected chi connectivity index (χ2v) is 5.71. The minimum Gasteiger partial charge on any atom is -0.395 e. The first-order valence-electron chi connectivity index (χ1n) is 7.98. The van der Waals surface area contributed by atoms with Crippen molar-refractivity contribution in [1.29, 1.82) is 0 Å². The molecule has 22 heavy (non-hydrogen) atoms. The smallest absolute Gasteiger partial charge is 0.317 e. The van der Waals surface area contributed by atoms with E-state index in [1.54, 1.807) is 4.90 Å². The maximum atomic E-state index is 12.1. The average Bonchev–Trinajstić information content (AvgIpc) is 2.54. The molecule has 0 radical (unpaired) electrons. The van der Waals surface area contributed by atoms with Crippen LogP contribution in [0, 0.1) is 6.92 Å². The summed E-state index contributed by atoms with van der Waals surface area (Å²) in [5, 5.41) is 12.0. The summed E-state index contributed by atoms with van der Waals surface area (Å²) in [6.45, 7) is 6.73. The molecule has 1 aliphatic rings. The van der Waals surface area contributed by atoms with Crippen LogP contribution in [0.2, 0.25) is 0 Å². The lowest BCUT2D eigenvalue weighted by Gasteiger charge is -2.34. The quantitative estimate of drug-likeness (QED) is 0.862. The molecular formula is C16H26N4O2. The summed E-state index contributed by atoms with van der Waals surface area (Å²) >= 11 is 0. The summed E-state index contributed by atoms with van der Waals surface area (Å²) in [5.74, 6) is 1.01. The van der Waals surface area contributed by atoms with Crippen molar-refractivity contribution in [3.63, 3.8) is 0 Å². The molecule has 0 aromatic carbocycles. The number of aromatic nitrogens is 1. The number of carbonyl (C=O) groups is 1. The lowest BCUT2D eigenvalue weighted by atomic mass is 10.1. The molecule has 0 spiro atoms. The number of hydrogen-bond acceptors (Lipinski definition) is 4. The van der Waals surface area contributed by atoms with Gasteiger partial charge in [-0.25, -0.2) is 9.78 Å². The number of nitrogens with one attached hydrogen (secondary N) is 1. The van der Waals surface area contributed by atoms with E-state index in [1.165, 1.54) is 0 Å². The van der Waals surface area contributed by atoms with Crippen LogP contribution in [0.5, 0.6) is 0 Å². The SMILES string of the molecule is CCN(CCO)C(=O)NC1CCN(c2ccc(C)cn2)CC1. The van der Waals surface area contributed by atoms with Gasteiger partial charge in [0, 0.05) is 38.4 Å². The standard InChI is InChI=1S/C16H26N4O2/c1-3-19(10-11-21)16(22)18-14-6-8-20(9-7-14)15-5-4-13(2)12-17-15/h4-5,12,14,21H,3,6-11H2,1-2H3,(H,18,22). The Labute approximate surface area is 132 Å². The van der Waals surface area contributed by atoms with E-state index in [1.807, 2.05) is 26.1 Å². The van der Waals surface area contributed by atoms with Crippen molar-refractivity contribution in [3.05, 3.63) is 23.9 Å². The van der Waals surface area contributed by atoms with Crippen LogP contribution in [0.1, 0.15) is 25.3 Å². The highest BCUT2D eigenvalue weighted by atomic mass is 16.3. The lowest BCUT2D eigenvalue weighted by Crippen LogP contribution is -2.50. The van der Waals surface area contributed by atoms with Crippen molar-refractivity contribution in [1.82, 2.24) is 15.2 Å². The summed E-state index contributed by atoms with van der Waals surface area (Å²) < 4.78 is 0. The van der Waals surface area contributed by atoms with Gasteiger partial charge < -0.3 is 20.2 Å². The van der Waals surface area contributed by atoms with Gasteiger partial charge in [-0.3, -0.25) is 0 Å². The Balaban J connectivity index is 1.81. The molecule has 1 fully saturated rings. The van der Waals surface area contributed by atoms with E-state index < -0.39 is 0 Å². The number of aliphatic hydroxyl groups excluding tert-OH is 1. The molecule has 6 heteroatoms. The van der Waals surface area contributed by atoms with Gasteiger partial charge in [0.2, 0.25) is 0 Å². The number of pyridine rings is 1. The topological polar surface area (TPSA) is 68.7 Å². The molecule has 1 aliphatic heterocycles. The van der Waals surface area contributed by atoms with Gasteiger partial charge in [0.25, 0.3) is 0 Å². The fourth-order valence-electron chi connectivity index (χ4n) is 2.69. The molecule has 2 rings (SSSR count). The van der Waals surface area contributed by atoms with Crippen molar-refractivity contribution in [2.24, 2.45) is 0 Å². The summed E-state index contributed by atoms with van der Waals surface area (Å²) in [4.78, 5) is 20.4. The van der Waals surface area contributed by atoms with Crippen molar-refractivity contribution < 1.29 is 9.90 Å². The molecule has 0 saturated carbocycles. The third-order valence-electron chi connectivity index (χ3n) is 4.08. The minimum absolute atomic E-state index is 0.00119. The number of anilines is 1. The third-order valence-corrected chi connectivity index (χ3v) is 4.08. The highest BCUT2D eigenvalue weighted by Crippen LogP contribution is 2.18. The Morgan fingerprint density at radius 2 is 2.18 bits per heavy atom. The summed E-state index contributed by atoms with van der Waals surface area (Å²) in [5.41, 5.74) is 1.16. The van der Waals surface area contributed by atoms with Gasteiger partial charge in [-0.1, -0.05) is 6.07 Å². The zero-order valence-corrected chi connectivity index (χ0v) is 13.5. The summed E-state index contributed by atoms with van der Waals surface area (Å²) in [7, 11) is 0. The second kappa shape index (κ2) is 7.98. The number of piperidine rings is 1. The molecule has 0 aliphatic carbocycles. The van der Waals surface area contributed by atoms with Gasteiger partial charge in [-0.05, 0) is 38.3 Å². The Morgan fingerprint density at radius 1 is 1.45 bits per heavy atom. The fraction of sp³-hybridized carbons (Fsp3) is 0.625. The van der Waals surface area contributed by atoms with E-state index >= 15 is 0 Å². The highest BCUT2D eigenvalue weighted by Gasteiger charge is 2.23. The van der Waals surface area contributed by atoms with Gasteiger partial charge >= 0.3 is 6.03 Å². The van der Waals surface area contributed by atoms with Gasteiger partial charge in [0.15, 0.2) is 0 Å². The van der Waals surface area contributed by atoms with Crippen LogP contribution in [-0.2, 0) is 0 Å². The van der Waals surface area contributed by atoms with E-state index in [2.05, 4.69) is 21.3 Å². The van der Waals surface area contributed by atoms with Crippen molar-refractivity contribution in [2.75, 3.05) is 37.7 Å². The predicted molar refractivity (Wildman–Crippen MR) is 87.1 cm³/mol. The molecule has 6 nitrogen and oxygen atoms in total. The number of aliphatic hydroxyl groups is 1. The van der Waals surface area contributed by atoms with Crippen molar-refractivity contribution >= 4 is 11.8 Å². The van der Waals surface area contributed by atoms with E-state index in [9.17, 15) is 4.79 Å². The molecular weight excluding hydrogens is 280 g/mol. The normalized spacial score (nSPS) is 15.7. The summed E-state index contributed by atoms with van der Waals surface area (Å²) in [6, 6.07) is 4.24. The molecule has 2 amide bonds. The first-order valence-corrected chi connectivity index (χ1v) is 7.98. The number of aryl methyl sites for hydroxylation is 1. The van der Waals surface area contributed by atoms with Crippen LogP contribution >= 0.6 is 0 Å². The molecule has 2 heterocycles. The molecule has 1 aromatic rings. The third kappa shape index (κ3) is 4.34. The Kier molecular flexibility index (Phi) is 6.00. The predicted octanol–water partition coefficient (Wildman–Crippen LogP) is 1.38. The lowest BCUT2D eigenvalue weighted by molar-refractivity contribution is 0.175. The number of carbonyl (C=O) groups excluding carboxylic acids is 1. The van der Waals surface area contributed by atoms with Gasteiger partial charge in [0.1, 0.15) is 5.82 Å². The molecule has 0 atom stereocenters. The Morgan fingerprint density at radius 3 is 2.73 bits per heavy atom. The number of nitrogens with zero attached hydrogens (tertiary/aromatic N) is 3. The average molecular weight is 306 g/mol. The molecule has 2 N–H and O–H groups in total. The van der Waals surface area contributed by atoms with Gasteiger partial charge in [-0.2, -0.15) is 0 Å². The second-order valence-electron chi connectivity index (χ2n) is 5.71. The molecule has 1 aromatic heterocycles. The van der Waals surface area contributed by atoms with Crippen LogP contribution < -0.4 is 10.2 Å². The van der Waals surface area contributed by atoms with Crippen molar-refractivity contribution in [3.8, 4) is 0 Å². The fourth-order valence-corrected chi connectivity index (χ4v) is 2.69. The number of hydrogen-bond donors (Lipinski definition) is 2. The number of likely N-dealkylation sites (N-methyl/N-ethyl adjacent to an activating group) is 1. The number of urea groups is 1. The van der Waals surface area contributed by atoms with Crippen LogP contribution in [0.3, 0.4) is 0 Å². The van der Waals surface area contributed by atoms with Crippen LogP contribution in [0.4, 0.5) is 10.6 Å². The number of amides is 2. The first kappa shape index (κ1) is 16.5. The maximum Gasteiger partial charge on any atom is 0.317 e.